The molecule has 1 fully saturated rings. The second-order valence-corrected chi connectivity index (χ2v) is 9.53. The van der Waals surface area contributed by atoms with E-state index in [0.717, 1.165) is 22.4 Å². The number of hydrogen-bond donors (Lipinski definition) is 1. The summed E-state index contributed by atoms with van der Waals surface area (Å²) in [5, 5.41) is 3.49. The number of benzene rings is 3. The highest BCUT2D eigenvalue weighted by Gasteiger charge is 2.31. The van der Waals surface area contributed by atoms with E-state index in [1.807, 2.05) is 72.8 Å². The zero-order chi connectivity index (χ0) is 23.2. The van der Waals surface area contributed by atoms with E-state index in [-0.39, 0.29) is 11.8 Å². The van der Waals surface area contributed by atoms with E-state index in [4.69, 9.17) is 23.8 Å². The van der Waals surface area contributed by atoms with Crippen LogP contribution in [0.4, 0.5) is 5.69 Å². The summed E-state index contributed by atoms with van der Waals surface area (Å²) < 4.78 is 0.496. The van der Waals surface area contributed by atoms with Gasteiger partial charge in [-0.15, -0.1) is 0 Å². The lowest BCUT2D eigenvalue weighted by Crippen LogP contribution is -2.29. The van der Waals surface area contributed by atoms with Crippen molar-refractivity contribution in [1.82, 2.24) is 4.90 Å². The number of anilines is 1. The molecule has 4 nitrogen and oxygen atoms in total. The predicted octanol–water partition coefficient (Wildman–Crippen LogP) is 6.63. The third kappa shape index (κ3) is 5.90. The van der Waals surface area contributed by atoms with Gasteiger partial charge in [0.05, 0.1) is 4.91 Å². The molecule has 3 aromatic carbocycles. The molecule has 1 aliphatic heterocycles. The van der Waals surface area contributed by atoms with Crippen LogP contribution < -0.4 is 5.32 Å². The standard InChI is InChI=1S/C26H21ClN2O2S2/c27-22-10-5-4-9-20(22)17-23-25(31)29(26(32)33-23)16-6-11-24(30)28-21-14-12-19(13-15-21)18-7-2-1-3-8-18/h1-5,7-10,12-15,17H,6,11,16H2,(H,28,30)/b23-17+. The number of carbonyl (C=O) groups excluding carboxylic acids is 2. The Bertz CT molecular complexity index is 1210. The molecule has 0 bridgehead atoms. The van der Waals surface area contributed by atoms with Crippen molar-refractivity contribution >= 4 is 63.5 Å². The van der Waals surface area contributed by atoms with E-state index >= 15 is 0 Å². The molecular weight excluding hydrogens is 472 g/mol. The number of thiocarbonyl (C=S) groups is 1. The largest absolute Gasteiger partial charge is 0.326 e. The van der Waals surface area contributed by atoms with Gasteiger partial charge in [-0.1, -0.05) is 96.2 Å². The van der Waals surface area contributed by atoms with E-state index < -0.39 is 0 Å². The molecule has 0 atom stereocenters. The number of hydrogen-bond acceptors (Lipinski definition) is 4. The van der Waals surface area contributed by atoms with Crippen LogP contribution in [-0.4, -0.2) is 27.6 Å². The van der Waals surface area contributed by atoms with Gasteiger partial charge in [0.25, 0.3) is 5.91 Å². The van der Waals surface area contributed by atoms with Gasteiger partial charge in [0.1, 0.15) is 4.32 Å². The summed E-state index contributed by atoms with van der Waals surface area (Å²) in [6.45, 7) is 0.394. The van der Waals surface area contributed by atoms with Crippen LogP contribution in [0.1, 0.15) is 18.4 Å². The number of carbonyl (C=O) groups is 2. The molecule has 0 saturated carbocycles. The Morgan fingerprint density at radius 2 is 1.64 bits per heavy atom. The highest BCUT2D eigenvalue weighted by Crippen LogP contribution is 2.33. The lowest BCUT2D eigenvalue weighted by atomic mass is 10.1. The first-order valence-corrected chi connectivity index (χ1v) is 12.1. The molecule has 0 aromatic heterocycles. The van der Waals surface area contributed by atoms with Crippen molar-refractivity contribution in [2.45, 2.75) is 12.8 Å². The van der Waals surface area contributed by atoms with Gasteiger partial charge in [-0.3, -0.25) is 14.5 Å². The van der Waals surface area contributed by atoms with Crippen molar-refractivity contribution in [2.75, 3.05) is 11.9 Å². The highest BCUT2D eigenvalue weighted by atomic mass is 35.5. The van der Waals surface area contributed by atoms with E-state index in [2.05, 4.69) is 5.32 Å². The maximum absolute atomic E-state index is 12.8. The van der Waals surface area contributed by atoms with Gasteiger partial charge in [-0.2, -0.15) is 0 Å². The van der Waals surface area contributed by atoms with Gasteiger partial charge in [-0.25, -0.2) is 0 Å². The van der Waals surface area contributed by atoms with Gasteiger partial charge in [0.2, 0.25) is 5.91 Å². The summed E-state index contributed by atoms with van der Waals surface area (Å²) in [7, 11) is 0. The number of nitrogens with zero attached hydrogens (tertiary/aromatic N) is 1. The molecule has 33 heavy (non-hydrogen) atoms. The zero-order valence-electron chi connectivity index (χ0n) is 17.7. The lowest BCUT2D eigenvalue weighted by molar-refractivity contribution is -0.122. The number of amides is 2. The first kappa shape index (κ1) is 23.2. The molecule has 0 unspecified atom stereocenters. The van der Waals surface area contributed by atoms with Crippen molar-refractivity contribution in [3.63, 3.8) is 0 Å². The summed E-state index contributed by atoms with van der Waals surface area (Å²) in [6.07, 6.45) is 2.56. The van der Waals surface area contributed by atoms with E-state index in [0.29, 0.717) is 33.6 Å². The normalized spacial score (nSPS) is 14.7. The van der Waals surface area contributed by atoms with Gasteiger partial charge in [0.15, 0.2) is 0 Å². The van der Waals surface area contributed by atoms with Crippen LogP contribution in [0.15, 0.2) is 83.8 Å². The second kappa shape index (κ2) is 10.8. The lowest BCUT2D eigenvalue weighted by Gasteiger charge is -2.14. The summed E-state index contributed by atoms with van der Waals surface area (Å²) in [4.78, 5) is 27.2. The fraction of sp³-hybridized carbons (Fsp3) is 0.115. The van der Waals surface area contributed by atoms with E-state index in [1.165, 1.54) is 11.8 Å². The van der Waals surface area contributed by atoms with Crippen molar-refractivity contribution in [3.8, 4) is 11.1 Å². The monoisotopic (exact) mass is 492 g/mol. The number of thioether (sulfide) groups is 1. The van der Waals surface area contributed by atoms with Crippen LogP contribution >= 0.6 is 35.6 Å². The van der Waals surface area contributed by atoms with E-state index in [1.54, 1.807) is 17.0 Å². The maximum atomic E-state index is 12.8. The zero-order valence-corrected chi connectivity index (χ0v) is 20.1. The molecule has 4 rings (SSSR count). The molecule has 0 radical (unpaired) electrons. The topological polar surface area (TPSA) is 49.4 Å². The molecule has 0 spiro atoms. The fourth-order valence-corrected chi connectivity index (χ4v) is 4.91. The first-order chi connectivity index (χ1) is 16.0. The van der Waals surface area contributed by atoms with E-state index in [9.17, 15) is 9.59 Å². The minimum atomic E-state index is -0.151. The van der Waals surface area contributed by atoms with Gasteiger partial charge in [0, 0.05) is 23.7 Å². The van der Waals surface area contributed by atoms with Crippen molar-refractivity contribution < 1.29 is 9.59 Å². The van der Waals surface area contributed by atoms with Crippen molar-refractivity contribution in [1.29, 1.82) is 0 Å². The van der Waals surface area contributed by atoms with Crippen LogP contribution in [0.5, 0.6) is 0 Å². The quantitative estimate of drug-likeness (QED) is 0.297. The second-order valence-electron chi connectivity index (χ2n) is 7.45. The van der Waals surface area contributed by atoms with Gasteiger partial charge >= 0.3 is 0 Å². The Morgan fingerprint density at radius 1 is 0.970 bits per heavy atom. The predicted molar refractivity (Wildman–Crippen MR) is 141 cm³/mol. The summed E-state index contributed by atoms with van der Waals surface area (Å²) in [5.74, 6) is -0.249. The molecule has 1 heterocycles. The van der Waals surface area contributed by atoms with Crippen LogP contribution in [0.3, 0.4) is 0 Å². The molecule has 1 N–H and O–H groups in total. The molecule has 7 heteroatoms. The minimum absolute atomic E-state index is 0.0977. The molecular formula is C26H21ClN2O2S2. The Hall–Kier alpha value is -2.93. The third-order valence-electron chi connectivity index (χ3n) is 5.13. The summed E-state index contributed by atoms with van der Waals surface area (Å²) >= 11 is 12.8. The average molecular weight is 493 g/mol. The first-order valence-electron chi connectivity index (χ1n) is 10.5. The number of rotatable bonds is 7. The summed E-state index contributed by atoms with van der Waals surface area (Å²) in [5.41, 5.74) is 3.74. The Kier molecular flexibility index (Phi) is 7.60. The average Bonchev–Trinajstić information content (AvgIpc) is 3.09. The van der Waals surface area contributed by atoms with Crippen LogP contribution in [-0.2, 0) is 9.59 Å². The molecule has 2 amide bonds. The highest BCUT2D eigenvalue weighted by molar-refractivity contribution is 8.26. The Balaban J connectivity index is 1.28. The third-order valence-corrected chi connectivity index (χ3v) is 6.85. The molecule has 1 aliphatic rings. The number of nitrogens with one attached hydrogen (secondary N) is 1. The molecule has 166 valence electrons. The smallest absolute Gasteiger partial charge is 0.266 e. The van der Waals surface area contributed by atoms with Gasteiger partial charge < -0.3 is 5.32 Å². The fourth-order valence-electron chi connectivity index (χ4n) is 3.42. The van der Waals surface area contributed by atoms with Crippen molar-refractivity contribution in [3.05, 3.63) is 94.4 Å². The number of halogens is 1. The van der Waals surface area contributed by atoms with Gasteiger partial charge in [-0.05, 0) is 47.4 Å². The van der Waals surface area contributed by atoms with Crippen LogP contribution in [0.2, 0.25) is 5.02 Å². The summed E-state index contributed by atoms with van der Waals surface area (Å²) in [6, 6.07) is 25.2. The SMILES string of the molecule is O=C(CCCN1C(=O)/C(=C\c2ccccc2Cl)SC1=S)Nc1ccc(-c2ccccc2)cc1. The van der Waals surface area contributed by atoms with Crippen molar-refractivity contribution in [2.24, 2.45) is 0 Å². The van der Waals surface area contributed by atoms with Crippen LogP contribution in [0.25, 0.3) is 17.2 Å². The molecule has 1 saturated heterocycles. The molecule has 0 aliphatic carbocycles. The molecule has 3 aromatic rings. The Labute approximate surface area is 207 Å². The Morgan fingerprint density at radius 3 is 2.36 bits per heavy atom. The maximum Gasteiger partial charge on any atom is 0.266 e. The van der Waals surface area contributed by atoms with Crippen LogP contribution in [0, 0.1) is 0 Å². The minimum Gasteiger partial charge on any atom is -0.326 e.